The molecule has 0 fully saturated rings. The summed E-state index contributed by atoms with van der Waals surface area (Å²) < 4.78 is 0. The van der Waals surface area contributed by atoms with Crippen molar-refractivity contribution < 1.29 is 33.9 Å². The van der Waals surface area contributed by atoms with Crippen molar-refractivity contribution in [2.45, 2.75) is 25.4 Å². The first-order chi connectivity index (χ1) is 17.2. The summed E-state index contributed by atoms with van der Waals surface area (Å²) in [6, 6.07) is 12.1. The van der Waals surface area contributed by atoms with Crippen molar-refractivity contribution in [1.82, 2.24) is 10.6 Å². The van der Waals surface area contributed by atoms with E-state index in [9.17, 15) is 33.9 Å². The Kier molecular flexibility index (Phi) is 8.63. The van der Waals surface area contributed by atoms with Crippen LogP contribution < -0.4 is 20.4 Å². The number of aliphatic hydroxyl groups excluding tert-OH is 1. The number of anilines is 2. The molecular formula is C25H26N4O7. The molecule has 11 nitrogen and oxygen atoms in total. The van der Waals surface area contributed by atoms with Gasteiger partial charge in [0.2, 0.25) is 5.91 Å². The standard InChI is InChI=1S/C25H26N4O7/c1-16(32)11-18(14-30)26-22(33)13-29-21-10-6-5-9-20(21)28(23(34)15-31)12-19(25(29)36)27-24(35)17-7-3-2-4-8-17/h2-10,14,18-19,31H,11-13,15H2,1H3,(H,26,33)(H,27,35)/t18-,19-/m0/s1. The van der Waals surface area contributed by atoms with Gasteiger partial charge in [0.1, 0.15) is 31.3 Å². The summed E-state index contributed by atoms with van der Waals surface area (Å²) in [5, 5.41) is 14.6. The number of rotatable bonds is 9. The van der Waals surface area contributed by atoms with E-state index < -0.39 is 48.9 Å². The van der Waals surface area contributed by atoms with Crippen LogP contribution in [0, 0.1) is 0 Å². The van der Waals surface area contributed by atoms with Gasteiger partial charge in [-0.1, -0.05) is 30.3 Å². The molecule has 0 aliphatic carbocycles. The maximum Gasteiger partial charge on any atom is 0.252 e. The Bertz CT molecular complexity index is 1170. The largest absolute Gasteiger partial charge is 0.387 e. The van der Waals surface area contributed by atoms with Crippen LogP contribution in [-0.2, 0) is 24.0 Å². The highest BCUT2D eigenvalue weighted by Gasteiger charge is 2.37. The maximum atomic E-state index is 13.6. The number of amides is 4. The van der Waals surface area contributed by atoms with E-state index in [0.717, 1.165) is 4.90 Å². The number of carbonyl (C=O) groups excluding carboxylic acids is 6. The van der Waals surface area contributed by atoms with Gasteiger partial charge in [-0.3, -0.25) is 28.9 Å². The molecule has 0 bridgehead atoms. The number of Topliss-reactive ketones (excluding diaryl/α,β-unsaturated/α-hetero) is 1. The lowest BCUT2D eigenvalue weighted by molar-refractivity contribution is -0.127. The fourth-order valence-electron chi connectivity index (χ4n) is 3.85. The molecule has 188 valence electrons. The van der Waals surface area contributed by atoms with Gasteiger partial charge in [-0.15, -0.1) is 0 Å². The number of aldehydes is 1. The fourth-order valence-corrected chi connectivity index (χ4v) is 3.85. The van der Waals surface area contributed by atoms with Gasteiger partial charge in [0, 0.05) is 12.0 Å². The third-order valence-electron chi connectivity index (χ3n) is 5.49. The van der Waals surface area contributed by atoms with Crippen molar-refractivity contribution in [3.8, 4) is 0 Å². The zero-order valence-electron chi connectivity index (χ0n) is 19.5. The van der Waals surface area contributed by atoms with Crippen LogP contribution in [-0.4, -0.2) is 72.6 Å². The Balaban J connectivity index is 1.96. The van der Waals surface area contributed by atoms with Gasteiger partial charge in [0.25, 0.3) is 17.7 Å². The lowest BCUT2D eigenvalue weighted by atomic mass is 10.1. The van der Waals surface area contributed by atoms with Gasteiger partial charge in [-0.25, -0.2) is 0 Å². The molecule has 2 atom stereocenters. The molecule has 0 spiro atoms. The number of para-hydroxylation sites is 2. The SMILES string of the molecule is CC(=O)C[C@@H](C=O)NC(=O)CN1C(=O)[C@@H](NC(=O)c2ccccc2)CN(C(=O)CO)c2ccccc21. The highest BCUT2D eigenvalue weighted by atomic mass is 16.3. The van der Waals surface area contributed by atoms with E-state index in [1.807, 2.05) is 0 Å². The Morgan fingerprint density at radius 1 is 1.06 bits per heavy atom. The summed E-state index contributed by atoms with van der Waals surface area (Å²) in [7, 11) is 0. The van der Waals surface area contributed by atoms with Gasteiger partial charge in [-0.2, -0.15) is 0 Å². The predicted molar refractivity (Wildman–Crippen MR) is 129 cm³/mol. The second-order valence-corrected chi connectivity index (χ2v) is 8.18. The number of hydrogen-bond donors (Lipinski definition) is 3. The van der Waals surface area contributed by atoms with Crippen LogP contribution in [0.1, 0.15) is 23.7 Å². The monoisotopic (exact) mass is 494 g/mol. The molecule has 0 saturated heterocycles. The zero-order chi connectivity index (χ0) is 26.2. The van der Waals surface area contributed by atoms with Gasteiger partial charge < -0.3 is 25.4 Å². The smallest absolute Gasteiger partial charge is 0.252 e. The molecule has 4 amide bonds. The van der Waals surface area contributed by atoms with Gasteiger partial charge >= 0.3 is 0 Å². The van der Waals surface area contributed by atoms with E-state index in [-0.39, 0.29) is 35.7 Å². The van der Waals surface area contributed by atoms with Crippen molar-refractivity contribution in [3.05, 3.63) is 60.2 Å². The van der Waals surface area contributed by atoms with Crippen LogP contribution in [0.2, 0.25) is 0 Å². The summed E-state index contributed by atoms with van der Waals surface area (Å²) in [6.45, 7) is -0.386. The minimum atomic E-state index is -1.26. The lowest BCUT2D eigenvalue weighted by Gasteiger charge is -2.25. The average molecular weight is 495 g/mol. The third kappa shape index (κ3) is 6.19. The Hall–Kier alpha value is -4.38. The third-order valence-corrected chi connectivity index (χ3v) is 5.49. The molecule has 0 saturated carbocycles. The quantitative estimate of drug-likeness (QED) is 0.409. The van der Waals surface area contributed by atoms with E-state index in [1.165, 1.54) is 17.9 Å². The summed E-state index contributed by atoms with van der Waals surface area (Å²) in [6.07, 6.45) is 0.232. The number of hydrogen-bond acceptors (Lipinski definition) is 7. The molecule has 1 heterocycles. The molecule has 3 N–H and O–H groups in total. The van der Waals surface area contributed by atoms with Crippen molar-refractivity contribution in [2.75, 3.05) is 29.5 Å². The van der Waals surface area contributed by atoms with Crippen LogP contribution in [0.15, 0.2) is 54.6 Å². The van der Waals surface area contributed by atoms with Crippen LogP contribution in [0.4, 0.5) is 11.4 Å². The minimum Gasteiger partial charge on any atom is -0.387 e. The summed E-state index contributed by atoms with van der Waals surface area (Å²) in [5.74, 6) is -2.97. The molecule has 0 aromatic heterocycles. The van der Waals surface area contributed by atoms with Crippen molar-refractivity contribution in [3.63, 3.8) is 0 Å². The number of aliphatic hydroxyl groups is 1. The van der Waals surface area contributed by atoms with Gasteiger partial charge in [-0.05, 0) is 31.2 Å². The first kappa shape index (κ1) is 26.2. The molecule has 36 heavy (non-hydrogen) atoms. The van der Waals surface area contributed by atoms with Crippen LogP contribution >= 0.6 is 0 Å². The first-order valence-electron chi connectivity index (χ1n) is 11.2. The first-order valence-corrected chi connectivity index (χ1v) is 11.2. The molecule has 2 aromatic rings. The molecule has 1 aliphatic rings. The summed E-state index contributed by atoms with van der Waals surface area (Å²) in [4.78, 5) is 76.7. The highest BCUT2D eigenvalue weighted by Crippen LogP contribution is 2.33. The van der Waals surface area contributed by atoms with Crippen LogP contribution in [0.5, 0.6) is 0 Å². The van der Waals surface area contributed by atoms with E-state index in [1.54, 1.807) is 48.5 Å². The molecular weight excluding hydrogens is 468 g/mol. The lowest BCUT2D eigenvalue weighted by Crippen LogP contribution is -2.55. The number of nitrogens with one attached hydrogen (secondary N) is 2. The summed E-state index contributed by atoms with van der Waals surface area (Å²) in [5.41, 5.74) is 0.740. The van der Waals surface area contributed by atoms with E-state index in [2.05, 4.69) is 10.6 Å². The topological polar surface area (TPSA) is 153 Å². The second kappa shape index (κ2) is 11.8. The van der Waals surface area contributed by atoms with E-state index >= 15 is 0 Å². The molecule has 0 radical (unpaired) electrons. The van der Waals surface area contributed by atoms with Crippen molar-refractivity contribution >= 4 is 47.1 Å². The number of ketones is 1. The normalized spacial score (nSPS) is 15.8. The molecule has 3 rings (SSSR count). The average Bonchev–Trinajstić information content (AvgIpc) is 2.98. The minimum absolute atomic E-state index is 0.199. The predicted octanol–water partition coefficient (Wildman–Crippen LogP) is -0.180. The highest BCUT2D eigenvalue weighted by molar-refractivity contribution is 6.11. The Labute approximate surface area is 207 Å². The number of benzene rings is 2. The number of fused-ring (bicyclic) bond motifs is 1. The molecule has 0 unspecified atom stereocenters. The maximum absolute atomic E-state index is 13.6. The summed E-state index contributed by atoms with van der Waals surface area (Å²) >= 11 is 0. The number of carbonyl (C=O) groups is 6. The Morgan fingerprint density at radius 3 is 2.31 bits per heavy atom. The van der Waals surface area contributed by atoms with Crippen molar-refractivity contribution in [1.29, 1.82) is 0 Å². The zero-order valence-corrected chi connectivity index (χ0v) is 19.5. The molecule has 11 heteroatoms. The fraction of sp³-hybridized carbons (Fsp3) is 0.280. The van der Waals surface area contributed by atoms with Gasteiger partial charge in [0.15, 0.2) is 0 Å². The van der Waals surface area contributed by atoms with Gasteiger partial charge in [0.05, 0.1) is 24.0 Å². The Morgan fingerprint density at radius 2 is 1.69 bits per heavy atom. The second-order valence-electron chi connectivity index (χ2n) is 8.18. The van der Waals surface area contributed by atoms with Crippen LogP contribution in [0.25, 0.3) is 0 Å². The van der Waals surface area contributed by atoms with Crippen molar-refractivity contribution in [2.24, 2.45) is 0 Å². The van der Waals surface area contributed by atoms with Crippen LogP contribution in [0.3, 0.4) is 0 Å². The number of nitrogens with zero attached hydrogens (tertiary/aromatic N) is 2. The molecule has 2 aromatic carbocycles. The molecule has 1 aliphatic heterocycles. The van der Waals surface area contributed by atoms with E-state index in [0.29, 0.717) is 6.29 Å². The van der Waals surface area contributed by atoms with E-state index in [4.69, 9.17) is 0 Å².